The van der Waals surface area contributed by atoms with Gasteiger partial charge in [-0.15, -0.1) is 0 Å². The van der Waals surface area contributed by atoms with Crippen LogP contribution in [-0.2, 0) is 4.57 Å². The first-order chi connectivity index (χ1) is 19.2. The highest BCUT2D eigenvalue weighted by molar-refractivity contribution is 7.86. The molecule has 0 bridgehead atoms. The van der Waals surface area contributed by atoms with Gasteiger partial charge in [0.25, 0.3) is 0 Å². The molecule has 0 unspecified atom stereocenters. The molecule has 0 atom stereocenters. The number of nitrogens with zero attached hydrogens (tertiary/aromatic N) is 2. The van der Waals surface area contributed by atoms with Gasteiger partial charge >= 0.3 is 0 Å². The van der Waals surface area contributed by atoms with Gasteiger partial charge in [-0.25, -0.2) is 4.98 Å². The van der Waals surface area contributed by atoms with Crippen LogP contribution in [0.2, 0.25) is 0 Å². The highest BCUT2D eigenvalue weighted by Crippen LogP contribution is 2.52. The molecule has 182 valence electrons. The van der Waals surface area contributed by atoms with E-state index >= 15 is 4.57 Å². The Labute approximate surface area is 224 Å². The van der Waals surface area contributed by atoms with Crippen molar-refractivity contribution in [3.63, 3.8) is 0 Å². The topological polar surface area (TPSA) is 34.4 Å². The Balaban J connectivity index is 1.46. The third-order valence-electron chi connectivity index (χ3n) is 8.34. The minimum Gasteiger partial charge on any atom is -0.309 e. The largest absolute Gasteiger partial charge is 0.309 e. The fourth-order valence-electron chi connectivity index (χ4n) is 6.59. The Morgan fingerprint density at radius 3 is 1.90 bits per heavy atom. The van der Waals surface area contributed by atoms with Crippen LogP contribution in [0, 0.1) is 0 Å². The lowest BCUT2D eigenvalue weighted by Gasteiger charge is -2.18. The second-order valence-electron chi connectivity index (χ2n) is 10.3. The zero-order valence-electron chi connectivity index (χ0n) is 20.9. The maximum absolute atomic E-state index is 15.3. The van der Waals surface area contributed by atoms with E-state index in [0.717, 1.165) is 65.4 Å². The third kappa shape index (κ3) is 2.68. The Kier molecular flexibility index (Phi) is 4.05. The number of hydrogen-bond acceptors (Lipinski definition) is 2. The third-order valence-corrected chi connectivity index (χ3v) is 11.5. The fourth-order valence-corrected chi connectivity index (χ4v) is 9.65. The van der Waals surface area contributed by atoms with E-state index in [1.54, 1.807) is 0 Å². The summed E-state index contributed by atoms with van der Waals surface area (Å²) in [6.45, 7) is 0. The van der Waals surface area contributed by atoms with Crippen molar-refractivity contribution in [1.82, 2.24) is 9.38 Å². The molecule has 0 saturated carbocycles. The molecule has 1 aliphatic heterocycles. The fraction of sp³-hybridized carbons (Fsp3) is 0. The molecule has 9 rings (SSSR count). The first-order valence-electron chi connectivity index (χ1n) is 13.2. The number of para-hydroxylation sites is 2. The van der Waals surface area contributed by atoms with Crippen molar-refractivity contribution in [2.24, 2.45) is 0 Å². The minimum atomic E-state index is -3.06. The van der Waals surface area contributed by atoms with E-state index in [0.29, 0.717) is 0 Å². The summed E-state index contributed by atoms with van der Waals surface area (Å²) < 4.78 is 17.5. The van der Waals surface area contributed by atoms with E-state index in [4.69, 9.17) is 4.98 Å². The molecule has 0 radical (unpaired) electrons. The van der Waals surface area contributed by atoms with Gasteiger partial charge in [-0.05, 0) is 57.6 Å². The van der Waals surface area contributed by atoms with Gasteiger partial charge in [0.2, 0.25) is 0 Å². The van der Waals surface area contributed by atoms with Crippen LogP contribution >= 0.6 is 7.14 Å². The summed E-state index contributed by atoms with van der Waals surface area (Å²) in [6, 6.07) is 44.0. The molecule has 0 N–H and O–H groups in total. The molecule has 2 aromatic heterocycles. The van der Waals surface area contributed by atoms with Crippen LogP contribution in [0.15, 0.2) is 127 Å². The lowest BCUT2D eigenvalue weighted by atomic mass is 10.0. The SMILES string of the molecule is O=P1(c2ccc3c4cc5ccccc5cc4c4nc5ccccc5n4c3c2)c2ccccc2-c2ccccc21. The summed E-state index contributed by atoms with van der Waals surface area (Å²) in [5, 5.41) is 8.49. The molecule has 0 aliphatic carbocycles. The van der Waals surface area contributed by atoms with E-state index < -0.39 is 7.14 Å². The van der Waals surface area contributed by atoms with Crippen LogP contribution < -0.4 is 15.9 Å². The van der Waals surface area contributed by atoms with Gasteiger partial charge in [0, 0.05) is 26.7 Å². The van der Waals surface area contributed by atoms with Crippen LogP contribution in [0.1, 0.15) is 0 Å². The molecule has 0 spiro atoms. The quantitative estimate of drug-likeness (QED) is 0.128. The second kappa shape index (κ2) is 7.44. The Morgan fingerprint density at radius 2 is 1.15 bits per heavy atom. The molecule has 1 aliphatic rings. The van der Waals surface area contributed by atoms with Gasteiger partial charge in [-0.1, -0.05) is 97.1 Å². The summed E-state index contributed by atoms with van der Waals surface area (Å²) in [7, 11) is -3.06. The van der Waals surface area contributed by atoms with Crippen LogP contribution in [0.4, 0.5) is 0 Å². The predicted octanol–water partition coefficient (Wildman–Crippen LogP) is 7.57. The van der Waals surface area contributed by atoms with Gasteiger partial charge in [-0.3, -0.25) is 4.40 Å². The van der Waals surface area contributed by atoms with Crippen LogP contribution in [0.25, 0.3) is 60.3 Å². The highest BCUT2D eigenvalue weighted by atomic mass is 31.2. The molecule has 0 fully saturated rings. The van der Waals surface area contributed by atoms with Crippen molar-refractivity contribution < 1.29 is 4.57 Å². The molecule has 39 heavy (non-hydrogen) atoms. The van der Waals surface area contributed by atoms with Crippen molar-refractivity contribution in [3.05, 3.63) is 127 Å². The van der Waals surface area contributed by atoms with Crippen molar-refractivity contribution in [2.45, 2.75) is 0 Å². The average Bonchev–Trinajstić information content (AvgIpc) is 3.51. The van der Waals surface area contributed by atoms with Crippen molar-refractivity contribution in [1.29, 1.82) is 0 Å². The first kappa shape index (κ1) is 21.2. The zero-order chi connectivity index (χ0) is 25.7. The standard InChI is InChI=1S/C35H21N2OP/c38-39(33-15-7-3-11-26(33)27-12-4-8-16-34(27)39)24-17-18-25-28-19-22-9-1-2-10-23(22)20-29(28)35-36-30-13-5-6-14-31(30)37(35)32(25)21-24/h1-21H. The molecular formula is C35H21N2OP. The van der Waals surface area contributed by atoms with Crippen molar-refractivity contribution in [2.75, 3.05) is 0 Å². The van der Waals surface area contributed by atoms with E-state index in [9.17, 15) is 0 Å². The van der Waals surface area contributed by atoms with Gasteiger partial charge in [0.1, 0.15) is 5.65 Å². The number of benzene rings is 6. The number of pyridine rings is 1. The molecule has 3 heterocycles. The number of hydrogen-bond donors (Lipinski definition) is 0. The maximum Gasteiger partial charge on any atom is 0.172 e. The lowest BCUT2D eigenvalue weighted by molar-refractivity contribution is 0.593. The van der Waals surface area contributed by atoms with Crippen LogP contribution in [-0.4, -0.2) is 9.38 Å². The number of rotatable bonds is 1. The summed E-state index contributed by atoms with van der Waals surface area (Å²) in [5.41, 5.74) is 6.09. The van der Waals surface area contributed by atoms with E-state index in [2.05, 4.69) is 89.3 Å². The molecule has 8 aromatic rings. The van der Waals surface area contributed by atoms with Gasteiger partial charge in [0.05, 0.1) is 16.6 Å². The Hall–Kier alpha value is -4.72. The van der Waals surface area contributed by atoms with Crippen LogP contribution in [0.5, 0.6) is 0 Å². The molecule has 6 aromatic carbocycles. The van der Waals surface area contributed by atoms with Gasteiger partial charge in [-0.2, -0.15) is 0 Å². The number of fused-ring (bicyclic) bond motifs is 12. The minimum absolute atomic E-state index is 0.853. The average molecular weight is 517 g/mol. The normalized spacial score (nSPS) is 13.9. The number of aromatic nitrogens is 2. The number of imidazole rings is 1. The molecule has 0 amide bonds. The predicted molar refractivity (Wildman–Crippen MR) is 164 cm³/mol. The van der Waals surface area contributed by atoms with Gasteiger partial charge < -0.3 is 4.57 Å². The monoisotopic (exact) mass is 516 g/mol. The second-order valence-corrected chi connectivity index (χ2v) is 13.0. The summed E-state index contributed by atoms with van der Waals surface area (Å²) in [5.74, 6) is 0. The molecular weight excluding hydrogens is 495 g/mol. The van der Waals surface area contributed by atoms with Crippen molar-refractivity contribution >= 4 is 72.2 Å². The summed E-state index contributed by atoms with van der Waals surface area (Å²) in [4.78, 5) is 5.11. The Bertz CT molecular complexity index is 2330. The van der Waals surface area contributed by atoms with Gasteiger partial charge in [0.15, 0.2) is 7.14 Å². The Morgan fingerprint density at radius 1 is 0.538 bits per heavy atom. The molecule has 0 saturated heterocycles. The van der Waals surface area contributed by atoms with Crippen molar-refractivity contribution in [3.8, 4) is 11.1 Å². The zero-order valence-corrected chi connectivity index (χ0v) is 21.8. The van der Waals surface area contributed by atoms with E-state index in [1.807, 2.05) is 42.5 Å². The maximum atomic E-state index is 15.3. The highest BCUT2D eigenvalue weighted by Gasteiger charge is 2.40. The first-order valence-corrected chi connectivity index (χ1v) is 14.9. The molecule has 4 heteroatoms. The van der Waals surface area contributed by atoms with Crippen LogP contribution in [0.3, 0.4) is 0 Å². The lowest BCUT2D eigenvalue weighted by Crippen LogP contribution is -2.21. The van der Waals surface area contributed by atoms with E-state index in [1.165, 1.54) is 10.8 Å². The van der Waals surface area contributed by atoms with E-state index in [-0.39, 0.29) is 0 Å². The molecule has 3 nitrogen and oxygen atoms in total. The summed E-state index contributed by atoms with van der Waals surface area (Å²) in [6.07, 6.45) is 0. The smallest absolute Gasteiger partial charge is 0.172 e. The summed E-state index contributed by atoms with van der Waals surface area (Å²) >= 11 is 0.